The Bertz CT molecular complexity index is 1220. The number of nitrogens with zero attached hydrogens (tertiary/aromatic N) is 2. The zero-order chi connectivity index (χ0) is 25.3. The summed E-state index contributed by atoms with van der Waals surface area (Å²) in [6.07, 6.45) is 2.95. The van der Waals surface area contributed by atoms with Crippen molar-refractivity contribution in [2.75, 3.05) is 31.8 Å². The van der Waals surface area contributed by atoms with Gasteiger partial charge in [0.2, 0.25) is 5.91 Å². The van der Waals surface area contributed by atoms with E-state index in [1.165, 1.54) is 5.56 Å². The van der Waals surface area contributed by atoms with Gasteiger partial charge in [0.05, 0.1) is 17.5 Å². The molecule has 35 heavy (non-hydrogen) atoms. The number of aromatic nitrogens is 1. The van der Waals surface area contributed by atoms with Gasteiger partial charge in [-0.3, -0.25) is 9.59 Å². The van der Waals surface area contributed by atoms with Crippen LogP contribution < -0.4 is 15.5 Å². The van der Waals surface area contributed by atoms with Gasteiger partial charge in [0, 0.05) is 54.2 Å². The molecule has 3 aromatic rings. The van der Waals surface area contributed by atoms with Crippen molar-refractivity contribution >= 4 is 40.2 Å². The number of para-hydroxylation sites is 1. The average molecular weight is 493 g/mol. The van der Waals surface area contributed by atoms with Crippen LogP contribution in [0.3, 0.4) is 0 Å². The van der Waals surface area contributed by atoms with Crippen molar-refractivity contribution < 1.29 is 9.59 Å². The third-order valence-electron chi connectivity index (χ3n) is 7.21. The van der Waals surface area contributed by atoms with Crippen LogP contribution in [-0.2, 0) is 4.79 Å². The summed E-state index contributed by atoms with van der Waals surface area (Å²) in [5, 5.41) is 7.26. The quantitative estimate of drug-likeness (QED) is 0.506. The van der Waals surface area contributed by atoms with Crippen molar-refractivity contribution in [1.29, 1.82) is 0 Å². The normalized spacial score (nSPS) is 21.0. The topological polar surface area (TPSA) is 66.4 Å². The van der Waals surface area contributed by atoms with Gasteiger partial charge in [0.15, 0.2) is 0 Å². The Hall–Kier alpha value is -2.93. The minimum absolute atomic E-state index is 0.0253. The number of carbonyl (C=O) groups excluding carboxylic acids is 2. The van der Waals surface area contributed by atoms with Gasteiger partial charge in [-0.25, -0.2) is 0 Å². The van der Waals surface area contributed by atoms with Crippen LogP contribution in [0.5, 0.6) is 0 Å². The van der Waals surface area contributed by atoms with E-state index in [1.54, 1.807) is 11.8 Å². The first kappa shape index (κ1) is 25.2. The molecule has 4 atom stereocenters. The van der Waals surface area contributed by atoms with Gasteiger partial charge < -0.3 is 20.1 Å². The summed E-state index contributed by atoms with van der Waals surface area (Å²) in [6.45, 7) is 6.55. The highest BCUT2D eigenvalue weighted by Crippen LogP contribution is 2.33. The van der Waals surface area contributed by atoms with Gasteiger partial charge in [-0.05, 0) is 57.2 Å². The van der Waals surface area contributed by atoms with E-state index in [2.05, 4.69) is 57.4 Å². The van der Waals surface area contributed by atoms with E-state index in [0.717, 1.165) is 28.7 Å². The molecule has 0 spiro atoms. The van der Waals surface area contributed by atoms with Gasteiger partial charge >= 0.3 is 0 Å². The first-order valence-corrected chi connectivity index (χ1v) is 13.5. The molecule has 0 aliphatic carbocycles. The Morgan fingerprint density at radius 3 is 2.54 bits per heavy atom. The third kappa shape index (κ3) is 4.92. The van der Waals surface area contributed by atoms with Crippen LogP contribution >= 0.6 is 11.8 Å². The monoisotopic (exact) mass is 492 g/mol. The number of thioether (sulfide) groups is 1. The molecule has 1 fully saturated rings. The number of piperidine rings is 1. The van der Waals surface area contributed by atoms with Gasteiger partial charge in [-0.15, -0.1) is 0 Å². The van der Waals surface area contributed by atoms with Crippen LogP contribution in [0.25, 0.3) is 10.9 Å². The minimum Gasteiger partial charge on any atom is -0.378 e. The molecule has 2 heterocycles. The van der Waals surface area contributed by atoms with E-state index in [1.807, 2.05) is 52.4 Å². The van der Waals surface area contributed by atoms with Crippen molar-refractivity contribution in [3.63, 3.8) is 0 Å². The Kier molecular flexibility index (Phi) is 7.45. The Morgan fingerprint density at radius 2 is 1.89 bits per heavy atom. The lowest BCUT2D eigenvalue weighted by Gasteiger charge is -2.33. The molecule has 6 nitrogen and oxygen atoms in total. The second-order valence-corrected chi connectivity index (χ2v) is 10.8. The van der Waals surface area contributed by atoms with Crippen LogP contribution in [0.1, 0.15) is 47.9 Å². The highest BCUT2D eigenvalue weighted by molar-refractivity contribution is 7.99. The van der Waals surface area contributed by atoms with E-state index in [4.69, 9.17) is 0 Å². The molecule has 1 saturated heterocycles. The van der Waals surface area contributed by atoms with Crippen molar-refractivity contribution in [3.8, 4) is 0 Å². The largest absolute Gasteiger partial charge is 0.378 e. The van der Waals surface area contributed by atoms with Crippen LogP contribution in [0.4, 0.5) is 5.69 Å². The number of anilines is 1. The lowest BCUT2D eigenvalue weighted by Crippen LogP contribution is -2.52. The zero-order valence-corrected chi connectivity index (χ0v) is 22.3. The number of hydrogen-bond donors (Lipinski definition) is 2. The molecule has 1 aliphatic heterocycles. The molecule has 7 heteroatoms. The molecule has 2 N–H and O–H groups in total. The number of carbonyl (C=O) groups is 2. The molecule has 0 saturated carbocycles. The molecule has 3 unspecified atom stereocenters. The SMILES string of the molecule is CSC1CC(C)NC(=O)C1CNC(=O)c1c(C)n([C@@H](C)c2ccc(N(C)C)cc2)c2ccccc12. The molecule has 2 aromatic carbocycles. The first-order valence-electron chi connectivity index (χ1n) is 12.2. The Balaban J connectivity index is 1.63. The average Bonchev–Trinajstić information content (AvgIpc) is 3.14. The highest BCUT2D eigenvalue weighted by Gasteiger charge is 2.35. The fourth-order valence-corrected chi connectivity index (χ4v) is 6.27. The number of hydrogen-bond acceptors (Lipinski definition) is 4. The van der Waals surface area contributed by atoms with E-state index in [0.29, 0.717) is 12.1 Å². The molecule has 2 amide bonds. The summed E-state index contributed by atoms with van der Waals surface area (Å²) >= 11 is 1.70. The molecule has 1 aliphatic rings. The second kappa shape index (κ2) is 10.4. The van der Waals surface area contributed by atoms with Gasteiger partial charge in [0.25, 0.3) is 5.91 Å². The molecule has 0 bridgehead atoms. The molecule has 4 rings (SSSR count). The van der Waals surface area contributed by atoms with Crippen molar-refractivity contribution in [1.82, 2.24) is 15.2 Å². The van der Waals surface area contributed by atoms with Crippen molar-refractivity contribution in [2.24, 2.45) is 5.92 Å². The van der Waals surface area contributed by atoms with Crippen molar-refractivity contribution in [3.05, 3.63) is 65.4 Å². The van der Waals surface area contributed by atoms with E-state index >= 15 is 0 Å². The first-order chi connectivity index (χ1) is 16.7. The number of rotatable bonds is 7. The number of nitrogens with one attached hydrogen (secondary N) is 2. The lowest BCUT2D eigenvalue weighted by molar-refractivity contribution is -0.127. The number of fused-ring (bicyclic) bond motifs is 1. The Labute approximate surface area is 212 Å². The summed E-state index contributed by atoms with van der Waals surface area (Å²) in [6, 6.07) is 16.8. The van der Waals surface area contributed by atoms with Crippen LogP contribution in [0, 0.1) is 12.8 Å². The smallest absolute Gasteiger partial charge is 0.253 e. The fraction of sp³-hybridized carbons (Fsp3) is 0.429. The zero-order valence-electron chi connectivity index (χ0n) is 21.5. The molecule has 1 aromatic heterocycles. The summed E-state index contributed by atoms with van der Waals surface area (Å²) in [4.78, 5) is 28.2. The highest BCUT2D eigenvalue weighted by atomic mass is 32.2. The van der Waals surface area contributed by atoms with Crippen molar-refractivity contribution in [2.45, 2.75) is 44.5 Å². The van der Waals surface area contributed by atoms with Gasteiger partial charge in [-0.2, -0.15) is 11.8 Å². The minimum atomic E-state index is -0.229. The van der Waals surface area contributed by atoms with E-state index < -0.39 is 0 Å². The maximum atomic E-state index is 13.5. The number of benzene rings is 2. The molecule has 0 radical (unpaired) electrons. The van der Waals surface area contributed by atoms with Crippen LogP contribution in [0.15, 0.2) is 48.5 Å². The second-order valence-electron chi connectivity index (χ2n) is 9.75. The standard InChI is InChI=1S/C28H36N4O2S/c1-17-15-25(35-6)23(27(33)30-17)16-29-28(34)26-19(3)32(24-10-8-7-9-22(24)26)18(2)20-11-13-21(14-12-20)31(4)5/h7-14,17-18,23,25H,15-16H2,1-6H3,(H,29,34)(H,30,33)/t17?,18-,23?,25?/m0/s1. The fourth-order valence-electron chi connectivity index (χ4n) is 5.24. The predicted molar refractivity (Wildman–Crippen MR) is 147 cm³/mol. The predicted octanol–water partition coefficient (Wildman–Crippen LogP) is 4.61. The molecular weight excluding hydrogens is 456 g/mol. The molecule has 186 valence electrons. The van der Waals surface area contributed by atoms with Crippen LogP contribution in [0.2, 0.25) is 0 Å². The van der Waals surface area contributed by atoms with Gasteiger partial charge in [-0.1, -0.05) is 30.3 Å². The summed E-state index contributed by atoms with van der Waals surface area (Å²) in [5.74, 6) is -0.329. The van der Waals surface area contributed by atoms with Crippen LogP contribution in [-0.4, -0.2) is 54.6 Å². The third-order valence-corrected chi connectivity index (χ3v) is 8.33. The molecular formula is C28H36N4O2S. The number of amides is 2. The maximum absolute atomic E-state index is 13.5. The van der Waals surface area contributed by atoms with E-state index in [9.17, 15) is 9.59 Å². The summed E-state index contributed by atoms with van der Waals surface area (Å²) in [7, 11) is 4.07. The van der Waals surface area contributed by atoms with E-state index in [-0.39, 0.29) is 35.1 Å². The summed E-state index contributed by atoms with van der Waals surface area (Å²) in [5.41, 5.74) is 4.98. The Morgan fingerprint density at radius 1 is 1.20 bits per heavy atom. The summed E-state index contributed by atoms with van der Waals surface area (Å²) < 4.78 is 2.24. The van der Waals surface area contributed by atoms with Gasteiger partial charge in [0.1, 0.15) is 0 Å². The lowest BCUT2D eigenvalue weighted by atomic mass is 9.93. The maximum Gasteiger partial charge on any atom is 0.253 e.